The van der Waals surface area contributed by atoms with Crippen molar-refractivity contribution in [3.8, 4) is 0 Å². The van der Waals surface area contributed by atoms with Crippen LogP contribution in [0.15, 0.2) is 10.4 Å². The second kappa shape index (κ2) is 9.39. The standard InChI is InChI=1S/C18H31N5OS2/c1-4-19-17(22(3)11-16-12-26-15(2)21-16)20-13-18(5-10-25-14-18)23-6-8-24-9-7-23/h12H,4-11,13-14H2,1-3H3,(H,19,20). The summed E-state index contributed by atoms with van der Waals surface area (Å²) in [5, 5.41) is 6.71. The Morgan fingerprint density at radius 3 is 2.88 bits per heavy atom. The minimum Gasteiger partial charge on any atom is -0.379 e. The first-order chi connectivity index (χ1) is 12.6. The Morgan fingerprint density at radius 2 is 2.27 bits per heavy atom. The fourth-order valence-corrected chi connectivity index (χ4v) is 5.67. The van der Waals surface area contributed by atoms with Crippen molar-refractivity contribution in [3.05, 3.63) is 16.1 Å². The molecule has 1 N–H and O–H groups in total. The van der Waals surface area contributed by atoms with Crippen molar-refractivity contribution in [2.75, 3.05) is 57.9 Å². The molecule has 2 aliphatic rings. The first kappa shape index (κ1) is 19.9. The van der Waals surface area contributed by atoms with E-state index in [0.29, 0.717) is 0 Å². The molecule has 0 amide bonds. The number of aliphatic imine (C=N–C) groups is 1. The molecule has 3 rings (SSSR count). The quantitative estimate of drug-likeness (QED) is 0.586. The van der Waals surface area contributed by atoms with Gasteiger partial charge in [0.15, 0.2) is 5.96 Å². The molecule has 146 valence electrons. The monoisotopic (exact) mass is 397 g/mol. The van der Waals surface area contributed by atoms with Crippen LogP contribution in [0, 0.1) is 6.92 Å². The zero-order valence-corrected chi connectivity index (χ0v) is 17.8. The number of aromatic nitrogens is 1. The lowest BCUT2D eigenvalue weighted by molar-refractivity contribution is -0.0105. The minimum absolute atomic E-state index is 0.188. The smallest absolute Gasteiger partial charge is 0.194 e. The van der Waals surface area contributed by atoms with Gasteiger partial charge in [-0.25, -0.2) is 4.98 Å². The van der Waals surface area contributed by atoms with Crippen molar-refractivity contribution in [2.45, 2.75) is 32.4 Å². The fourth-order valence-electron chi connectivity index (χ4n) is 3.60. The van der Waals surface area contributed by atoms with E-state index in [1.165, 1.54) is 17.9 Å². The highest BCUT2D eigenvalue weighted by Gasteiger charge is 2.40. The second-order valence-electron chi connectivity index (χ2n) is 7.01. The lowest BCUT2D eigenvalue weighted by Gasteiger charge is -2.42. The van der Waals surface area contributed by atoms with E-state index in [1.807, 2.05) is 0 Å². The predicted octanol–water partition coefficient (Wildman–Crippen LogP) is 2.06. The number of thiazole rings is 1. The zero-order valence-electron chi connectivity index (χ0n) is 16.2. The molecular weight excluding hydrogens is 366 g/mol. The Bertz CT molecular complexity index is 594. The number of nitrogens with zero attached hydrogens (tertiary/aromatic N) is 4. The number of nitrogens with one attached hydrogen (secondary N) is 1. The number of hydrogen-bond acceptors (Lipinski definition) is 6. The number of hydrogen-bond donors (Lipinski definition) is 1. The molecule has 1 atom stereocenters. The van der Waals surface area contributed by atoms with Crippen molar-refractivity contribution < 1.29 is 4.74 Å². The van der Waals surface area contributed by atoms with Gasteiger partial charge >= 0.3 is 0 Å². The van der Waals surface area contributed by atoms with Crippen molar-refractivity contribution in [1.82, 2.24) is 20.1 Å². The SMILES string of the molecule is CCNC(=NCC1(N2CCOCC2)CCSC1)N(C)Cc1csc(C)n1. The zero-order chi connectivity index (χ0) is 18.4. The van der Waals surface area contributed by atoms with Gasteiger partial charge in [-0.3, -0.25) is 9.89 Å². The summed E-state index contributed by atoms with van der Waals surface area (Å²) in [6.07, 6.45) is 1.22. The number of ether oxygens (including phenoxy) is 1. The highest BCUT2D eigenvalue weighted by molar-refractivity contribution is 7.99. The number of morpholine rings is 1. The van der Waals surface area contributed by atoms with Crippen molar-refractivity contribution in [1.29, 1.82) is 0 Å². The molecule has 6 nitrogen and oxygen atoms in total. The van der Waals surface area contributed by atoms with Crippen molar-refractivity contribution in [3.63, 3.8) is 0 Å². The molecule has 0 bridgehead atoms. The summed E-state index contributed by atoms with van der Waals surface area (Å²) in [5.41, 5.74) is 1.30. The van der Waals surface area contributed by atoms with Gasteiger partial charge in [-0.05, 0) is 26.0 Å². The van der Waals surface area contributed by atoms with Crippen LogP contribution in [0.2, 0.25) is 0 Å². The van der Waals surface area contributed by atoms with Gasteiger partial charge < -0.3 is 15.0 Å². The number of aryl methyl sites for hydroxylation is 1. The first-order valence-corrected chi connectivity index (χ1v) is 11.5. The van der Waals surface area contributed by atoms with Gasteiger partial charge in [0.2, 0.25) is 0 Å². The van der Waals surface area contributed by atoms with E-state index >= 15 is 0 Å². The Labute approximate surface area is 165 Å². The number of thioether (sulfide) groups is 1. The minimum atomic E-state index is 0.188. The summed E-state index contributed by atoms with van der Waals surface area (Å²) in [6.45, 7) is 10.4. The third kappa shape index (κ3) is 4.91. The van der Waals surface area contributed by atoms with Gasteiger partial charge in [0, 0.05) is 37.8 Å². The molecule has 1 aromatic heterocycles. The summed E-state index contributed by atoms with van der Waals surface area (Å²) in [6, 6.07) is 0. The molecule has 8 heteroatoms. The molecule has 0 spiro atoms. The molecule has 0 radical (unpaired) electrons. The lowest BCUT2D eigenvalue weighted by atomic mass is 9.96. The molecule has 2 saturated heterocycles. The van der Waals surface area contributed by atoms with E-state index in [1.54, 1.807) is 11.3 Å². The third-order valence-electron chi connectivity index (χ3n) is 5.05. The summed E-state index contributed by atoms with van der Waals surface area (Å²) >= 11 is 3.76. The molecule has 1 unspecified atom stereocenters. The Kier molecular flexibility index (Phi) is 7.19. The van der Waals surface area contributed by atoms with Crippen molar-refractivity contribution in [2.24, 2.45) is 4.99 Å². The average Bonchev–Trinajstić information content (AvgIpc) is 3.29. The van der Waals surface area contributed by atoms with E-state index in [4.69, 9.17) is 9.73 Å². The van der Waals surface area contributed by atoms with E-state index in [2.05, 4.69) is 58.1 Å². The van der Waals surface area contributed by atoms with Gasteiger partial charge in [0.1, 0.15) is 0 Å². The number of rotatable bonds is 6. The lowest BCUT2D eigenvalue weighted by Crippen LogP contribution is -2.56. The Hall–Kier alpha value is -0.830. The molecule has 3 heterocycles. The predicted molar refractivity (Wildman–Crippen MR) is 111 cm³/mol. The maximum absolute atomic E-state index is 5.56. The summed E-state index contributed by atoms with van der Waals surface area (Å²) in [5.74, 6) is 3.38. The summed E-state index contributed by atoms with van der Waals surface area (Å²) in [4.78, 5) is 14.4. The van der Waals surface area contributed by atoms with Gasteiger partial charge in [-0.2, -0.15) is 11.8 Å². The Balaban J connectivity index is 1.69. The first-order valence-electron chi connectivity index (χ1n) is 9.44. The molecule has 2 aliphatic heterocycles. The largest absolute Gasteiger partial charge is 0.379 e. The van der Waals surface area contributed by atoms with Gasteiger partial charge in [0.25, 0.3) is 0 Å². The topological polar surface area (TPSA) is 53.0 Å². The van der Waals surface area contributed by atoms with E-state index in [0.717, 1.165) is 62.6 Å². The molecular formula is C18H31N5OS2. The maximum atomic E-state index is 5.56. The van der Waals surface area contributed by atoms with E-state index in [-0.39, 0.29) is 5.54 Å². The van der Waals surface area contributed by atoms with Crippen LogP contribution in [0.4, 0.5) is 0 Å². The van der Waals surface area contributed by atoms with Crippen LogP contribution < -0.4 is 5.32 Å². The van der Waals surface area contributed by atoms with Crippen molar-refractivity contribution >= 4 is 29.1 Å². The molecule has 1 aromatic rings. The van der Waals surface area contributed by atoms with Crippen LogP contribution in [0.25, 0.3) is 0 Å². The van der Waals surface area contributed by atoms with Crippen LogP contribution >= 0.6 is 23.1 Å². The van der Waals surface area contributed by atoms with Crippen LogP contribution in [-0.4, -0.2) is 84.2 Å². The normalized spacial score (nSPS) is 24.8. The Morgan fingerprint density at radius 1 is 1.46 bits per heavy atom. The molecule has 0 aliphatic carbocycles. The highest BCUT2D eigenvalue weighted by atomic mass is 32.2. The van der Waals surface area contributed by atoms with Gasteiger partial charge in [-0.1, -0.05) is 0 Å². The van der Waals surface area contributed by atoms with Gasteiger partial charge in [-0.15, -0.1) is 11.3 Å². The van der Waals surface area contributed by atoms with Crippen LogP contribution in [0.1, 0.15) is 24.0 Å². The molecule has 0 saturated carbocycles. The van der Waals surface area contributed by atoms with Crippen LogP contribution in [0.3, 0.4) is 0 Å². The summed E-state index contributed by atoms with van der Waals surface area (Å²) in [7, 11) is 2.10. The molecule has 2 fully saturated rings. The molecule has 26 heavy (non-hydrogen) atoms. The van der Waals surface area contributed by atoms with Crippen LogP contribution in [-0.2, 0) is 11.3 Å². The van der Waals surface area contributed by atoms with E-state index < -0.39 is 0 Å². The van der Waals surface area contributed by atoms with Crippen LogP contribution in [0.5, 0.6) is 0 Å². The maximum Gasteiger partial charge on any atom is 0.194 e. The molecule has 0 aromatic carbocycles. The average molecular weight is 398 g/mol. The second-order valence-corrected chi connectivity index (χ2v) is 9.18. The fraction of sp³-hybridized carbons (Fsp3) is 0.778. The summed E-state index contributed by atoms with van der Waals surface area (Å²) < 4.78 is 5.56. The third-order valence-corrected chi connectivity index (χ3v) is 7.11. The highest BCUT2D eigenvalue weighted by Crippen LogP contribution is 2.34. The van der Waals surface area contributed by atoms with E-state index in [9.17, 15) is 0 Å². The van der Waals surface area contributed by atoms with Gasteiger partial charge in [0.05, 0.1) is 42.5 Å². The number of guanidine groups is 1.